The van der Waals surface area contributed by atoms with Gasteiger partial charge in [-0.15, -0.1) is 0 Å². The van der Waals surface area contributed by atoms with Gasteiger partial charge in [-0.25, -0.2) is 0 Å². The molecular weight excluding hydrogens is 192 g/mol. The van der Waals surface area contributed by atoms with Gasteiger partial charge in [0.25, 0.3) is 0 Å². The van der Waals surface area contributed by atoms with Crippen LogP contribution in [0.4, 0.5) is 0 Å². The Bertz CT molecular complexity index is 491. The molecule has 0 spiro atoms. The van der Waals surface area contributed by atoms with Gasteiger partial charge in [0.15, 0.2) is 0 Å². The topological polar surface area (TPSA) is 47.3 Å². The molecule has 0 N–H and O–H groups in total. The first kappa shape index (κ1) is 8.65. The molecule has 76 valence electrons. The largest absolute Gasteiger partial charge is 0.461 e. The first-order valence-corrected chi connectivity index (χ1v) is 5.18. The SMILES string of the molecule is O=C1C=Cc2oc3c(c2C1=O)CCCC3. The summed E-state index contributed by atoms with van der Waals surface area (Å²) in [7, 11) is 0. The molecule has 1 aromatic heterocycles. The Kier molecular flexibility index (Phi) is 1.69. The van der Waals surface area contributed by atoms with Gasteiger partial charge >= 0.3 is 0 Å². The standard InChI is InChI=1S/C12H10O3/c13-8-5-6-10-11(12(8)14)7-3-1-2-4-9(7)15-10/h5-6H,1-4H2. The monoisotopic (exact) mass is 202 g/mol. The first-order valence-electron chi connectivity index (χ1n) is 5.18. The number of fused-ring (bicyclic) bond motifs is 3. The van der Waals surface area contributed by atoms with Gasteiger partial charge in [-0.2, -0.15) is 0 Å². The van der Waals surface area contributed by atoms with Gasteiger partial charge in [0.1, 0.15) is 11.5 Å². The summed E-state index contributed by atoms with van der Waals surface area (Å²) in [6.45, 7) is 0. The highest BCUT2D eigenvalue weighted by molar-refractivity contribution is 6.50. The van der Waals surface area contributed by atoms with Crippen LogP contribution in [0, 0.1) is 0 Å². The number of rotatable bonds is 0. The first-order chi connectivity index (χ1) is 7.27. The molecule has 0 radical (unpaired) electrons. The maximum atomic E-state index is 11.7. The Morgan fingerprint density at radius 1 is 1.07 bits per heavy atom. The van der Waals surface area contributed by atoms with E-state index in [9.17, 15) is 9.59 Å². The fourth-order valence-electron chi connectivity index (χ4n) is 2.30. The smallest absolute Gasteiger partial charge is 0.237 e. The van der Waals surface area contributed by atoms with Crippen molar-refractivity contribution in [1.29, 1.82) is 0 Å². The average Bonchev–Trinajstić information content (AvgIpc) is 2.62. The van der Waals surface area contributed by atoms with Crippen molar-refractivity contribution < 1.29 is 14.0 Å². The second-order valence-electron chi connectivity index (χ2n) is 3.98. The highest BCUT2D eigenvalue weighted by Gasteiger charge is 2.30. The van der Waals surface area contributed by atoms with Crippen LogP contribution in [0.25, 0.3) is 6.08 Å². The maximum absolute atomic E-state index is 11.7. The number of aryl methyl sites for hydroxylation is 1. The van der Waals surface area contributed by atoms with E-state index < -0.39 is 11.6 Å². The van der Waals surface area contributed by atoms with Gasteiger partial charge in [0.05, 0.1) is 5.56 Å². The number of allylic oxidation sites excluding steroid dienone is 1. The Labute approximate surface area is 86.8 Å². The van der Waals surface area contributed by atoms with E-state index in [1.54, 1.807) is 6.08 Å². The molecule has 15 heavy (non-hydrogen) atoms. The molecule has 1 aromatic rings. The predicted molar refractivity (Wildman–Crippen MR) is 53.7 cm³/mol. The van der Waals surface area contributed by atoms with Gasteiger partial charge < -0.3 is 4.42 Å². The quantitative estimate of drug-likeness (QED) is 0.604. The zero-order valence-corrected chi connectivity index (χ0v) is 8.21. The predicted octanol–water partition coefficient (Wildman–Crippen LogP) is 1.94. The Hall–Kier alpha value is -1.64. The lowest BCUT2D eigenvalue weighted by molar-refractivity contribution is -0.110. The number of furan rings is 1. The summed E-state index contributed by atoms with van der Waals surface area (Å²) in [5.74, 6) is 0.640. The molecule has 0 saturated heterocycles. The molecule has 0 aromatic carbocycles. The van der Waals surface area contributed by atoms with Gasteiger partial charge in [-0.3, -0.25) is 9.59 Å². The lowest BCUT2D eigenvalue weighted by Gasteiger charge is -2.10. The Morgan fingerprint density at radius 3 is 2.73 bits per heavy atom. The lowest BCUT2D eigenvalue weighted by Crippen LogP contribution is -2.17. The minimum Gasteiger partial charge on any atom is -0.461 e. The summed E-state index contributed by atoms with van der Waals surface area (Å²) < 4.78 is 5.59. The van der Waals surface area contributed by atoms with Crippen molar-refractivity contribution in [1.82, 2.24) is 0 Å². The number of hydrogen-bond acceptors (Lipinski definition) is 3. The van der Waals surface area contributed by atoms with E-state index in [0.717, 1.165) is 37.0 Å². The molecule has 0 aliphatic heterocycles. The van der Waals surface area contributed by atoms with Crippen molar-refractivity contribution >= 4 is 17.6 Å². The van der Waals surface area contributed by atoms with Crippen molar-refractivity contribution in [2.24, 2.45) is 0 Å². The fraction of sp³-hybridized carbons (Fsp3) is 0.333. The van der Waals surface area contributed by atoms with E-state index in [1.165, 1.54) is 6.08 Å². The average molecular weight is 202 g/mol. The van der Waals surface area contributed by atoms with Gasteiger partial charge in [0, 0.05) is 12.0 Å². The Morgan fingerprint density at radius 2 is 1.87 bits per heavy atom. The van der Waals surface area contributed by atoms with Crippen molar-refractivity contribution in [3.05, 3.63) is 28.7 Å². The number of carbonyl (C=O) groups is 2. The third kappa shape index (κ3) is 1.12. The molecule has 3 rings (SSSR count). The molecule has 0 bridgehead atoms. The third-order valence-electron chi connectivity index (χ3n) is 3.04. The highest BCUT2D eigenvalue weighted by atomic mass is 16.3. The normalized spacial score (nSPS) is 18.9. The summed E-state index contributed by atoms with van der Waals surface area (Å²) in [5.41, 5.74) is 1.50. The summed E-state index contributed by atoms with van der Waals surface area (Å²) in [6.07, 6.45) is 6.82. The third-order valence-corrected chi connectivity index (χ3v) is 3.04. The van der Waals surface area contributed by atoms with E-state index in [2.05, 4.69) is 0 Å². The molecule has 0 fully saturated rings. The Balaban J connectivity index is 2.23. The minimum absolute atomic E-state index is 0.403. The molecule has 2 aliphatic rings. The number of hydrogen-bond donors (Lipinski definition) is 0. The van der Waals surface area contributed by atoms with Crippen LogP contribution in [0.1, 0.15) is 40.3 Å². The van der Waals surface area contributed by atoms with Crippen LogP contribution < -0.4 is 0 Å². The van der Waals surface area contributed by atoms with E-state index in [-0.39, 0.29) is 0 Å². The molecule has 0 amide bonds. The zero-order valence-electron chi connectivity index (χ0n) is 8.21. The van der Waals surface area contributed by atoms with E-state index in [4.69, 9.17) is 4.42 Å². The van der Waals surface area contributed by atoms with Crippen LogP contribution in [0.15, 0.2) is 10.5 Å². The van der Waals surface area contributed by atoms with Gasteiger partial charge in [-0.05, 0) is 31.4 Å². The molecule has 0 unspecified atom stereocenters. The van der Waals surface area contributed by atoms with Crippen LogP contribution in [-0.2, 0) is 17.6 Å². The van der Waals surface area contributed by atoms with E-state index in [1.807, 2.05) is 0 Å². The lowest BCUT2D eigenvalue weighted by atomic mass is 9.90. The number of Topliss-reactive ketones (excluding diaryl/α,β-unsaturated/α-hetero) is 1. The van der Waals surface area contributed by atoms with Crippen molar-refractivity contribution in [3.63, 3.8) is 0 Å². The van der Waals surface area contributed by atoms with Crippen LogP contribution in [0.3, 0.4) is 0 Å². The van der Waals surface area contributed by atoms with Gasteiger partial charge in [0.2, 0.25) is 11.6 Å². The maximum Gasteiger partial charge on any atom is 0.237 e. The zero-order chi connectivity index (χ0) is 10.4. The van der Waals surface area contributed by atoms with Crippen LogP contribution in [-0.4, -0.2) is 11.6 Å². The van der Waals surface area contributed by atoms with E-state index >= 15 is 0 Å². The molecule has 3 nitrogen and oxygen atoms in total. The summed E-state index contributed by atoms with van der Waals surface area (Å²) in [4.78, 5) is 23.0. The molecular formula is C12H10O3. The molecule has 1 heterocycles. The fourth-order valence-corrected chi connectivity index (χ4v) is 2.30. The van der Waals surface area contributed by atoms with Gasteiger partial charge in [-0.1, -0.05) is 0 Å². The molecule has 0 saturated carbocycles. The second-order valence-corrected chi connectivity index (χ2v) is 3.98. The second kappa shape index (κ2) is 2.92. The van der Waals surface area contributed by atoms with Crippen LogP contribution in [0.5, 0.6) is 0 Å². The summed E-state index contributed by atoms with van der Waals surface area (Å²) >= 11 is 0. The van der Waals surface area contributed by atoms with Crippen molar-refractivity contribution in [2.45, 2.75) is 25.7 Å². The van der Waals surface area contributed by atoms with Crippen molar-refractivity contribution in [3.8, 4) is 0 Å². The van der Waals surface area contributed by atoms with Crippen molar-refractivity contribution in [2.75, 3.05) is 0 Å². The summed E-state index contributed by atoms with van der Waals surface area (Å²) in [6, 6.07) is 0. The van der Waals surface area contributed by atoms with Crippen LogP contribution in [0.2, 0.25) is 0 Å². The molecule has 2 aliphatic carbocycles. The minimum atomic E-state index is -0.434. The van der Waals surface area contributed by atoms with E-state index in [0.29, 0.717) is 11.3 Å². The molecule has 0 atom stereocenters. The number of ketones is 2. The highest BCUT2D eigenvalue weighted by Crippen LogP contribution is 2.32. The summed E-state index contributed by atoms with van der Waals surface area (Å²) in [5, 5.41) is 0. The molecule has 3 heteroatoms. The van der Waals surface area contributed by atoms with Crippen LogP contribution >= 0.6 is 0 Å². The number of carbonyl (C=O) groups excluding carboxylic acids is 2.